The zero-order chi connectivity index (χ0) is 19.7. The summed E-state index contributed by atoms with van der Waals surface area (Å²) in [6.07, 6.45) is 6.36. The summed E-state index contributed by atoms with van der Waals surface area (Å²) in [7, 11) is 0. The van der Waals surface area contributed by atoms with Gasteiger partial charge in [0.05, 0.1) is 11.7 Å². The molecule has 1 aliphatic heterocycles. The smallest absolute Gasteiger partial charge is 0.267 e. The highest BCUT2D eigenvalue weighted by atomic mass is 16.1. The molecule has 28 heavy (non-hydrogen) atoms. The second-order valence-corrected chi connectivity index (χ2v) is 7.28. The maximum atomic E-state index is 12.4. The molecule has 0 radical (unpaired) electrons. The van der Waals surface area contributed by atoms with E-state index in [1.54, 1.807) is 21.5 Å². The minimum atomic E-state index is -0.0766. The predicted octanol–water partition coefficient (Wildman–Crippen LogP) is 2.24. The lowest BCUT2D eigenvalue weighted by atomic mass is 10.1. The van der Waals surface area contributed by atoms with Gasteiger partial charge in [0.1, 0.15) is 0 Å². The third-order valence-electron chi connectivity index (χ3n) is 5.23. The highest BCUT2D eigenvalue weighted by Crippen LogP contribution is 2.23. The van der Waals surface area contributed by atoms with Gasteiger partial charge in [0.15, 0.2) is 5.82 Å². The first kappa shape index (κ1) is 18.3. The van der Waals surface area contributed by atoms with Gasteiger partial charge in [-0.2, -0.15) is 5.10 Å². The highest BCUT2D eigenvalue weighted by Gasteiger charge is 2.24. The molecule has 8 nitrogen and oxygen atoms in total. The van der Waals surface area contributed by atoms with E-state index in [0.717, 1.165) is 55.3 Å². The van der Waals surface area contributed by atoms with E-state index < -0.39 is 0 Å². The summed E-state index contributed by atoms with van der Waals surface area (Å²) in [6.45, 7) is 7.63. The van der Waals surface area contributed by atoms with Gasteiger partial charge < -0.3 is 4.90 Å². The average molecular weight is 379 g/mol. The third-order valence-corrected chi connectivity index (χ3v) is 5.23. The number of nitrogens with zero attached hydrogens (tertiary/aromatic N) is 7. The van der Waals surface area contributed by atoms with Crippen molar-refractivity contribution in [1.82, 2.24) is 29.5 Å². The van der Waals surface area contributed by atoms with Crippen molar-refractivity contribution in [3.63, 3.8) is 0 Å². The molecule has 4 heterocycles. The standard InChI is InChI=1S/C20H25N7O/c1-4-16-12-21-20(22-13-16)25-9-7-17(8-10-25)27-19(28)6-5-18(24-27)26-15(3)11-14(2)23-26/h5-6,11-13,17H,4,7-10H2,1-3H3. The summed E-state index contributed by atoms with van der Waals surface area (Å²) < 4.78 is 3.40. The molecule has 0 aromatic carbocycles. The van der Waals surface area contributed by atoms with Gasteiger partial charge in [-0.05, 0) is 50.8 Å². The molecule has 0 spiro atoms. The lowest BCUT2D eigenvalue weighted by Crippen LogP contribution is -2.39. The van der Waals surface area contributed by atoms with Crippen molar-refractivity contribution < 1.29 is 0 Å². The molecule has 0 atom stereocenters. The third kappa shape index (κ3) is 3.54. The first-order chi connectivity index (χ1) is 13.5. The summed E-state index contributed by atoms with van der Waals surface area (Å²) in [6, 6.07) is 5.38. The van der Waals surface area contributed by atoms with E-state index in [0.29, 0.717) is 5.82 Å². The number of hydrogen-bond donors (Lipinski definition) is 0. The Labute approximate surface area is 163 Å². The van der Waals surface area contributed by atoms with Crippen LogP contribution in [-0.2, 0) is 6.42 Å². The van der Waals surface area contributed by atoms with Crippen LogP contribution >= 0.6 is 0 Å². The fourth-order valence-electron chi connectivity index (χ4n) is 3.65. The normalized spacial score (nSPS) is 15.2. The molecular weight excluding hydrogens is 354 g/mol. The highest BCUT2D eigenvalue weighted by molar-refractivity contribution is 5.31. The van der Waals surface area contributed by atoms with Crippen LogP contribution in [0.5, 0.6) is 0 Å². The number of anilines is 1. The van der Waals surface area contributed by atoms with Crippen molar-refractivity contribution in [2.45, 2.75) is 46.1 Å². The molecule has 0 unspecified atom stereocenters. The number of piperidine rings is 1. The molecule has 3 aromatic rings. The molecule has 0 bridgehead atoms. The molecule has 1 saturated heterocycles. The summed E-state index contributed by atoms with van der Waals surface area (Å²) in [5, 5.41) is 9.09. The molecule has 8 heteroatoms. The number of aromatic nitrogens is 6. The van der Waals surface area contributed by atoms with Gasteiger partial charge in [0, 0.05) is 37.2 Å². The van der Waals surface area contributed by atoms with Crippen LogP contribution in [-0.4, -0.2) is 42.6 Å². The molecule has 4 rings (SSSR count). The van der Waals surface area contributed by atoms with Crippen molar-refractivity contribution in [2.75, 3.05) is 18.0 Å². The fraction of sp³-hybridized carbons (Fsp3) is 0.450. The molecular formula is C20H25N7O. The Morgan fingerprint density at radius 1 is 1.07 bits per heavy atom. The van der Waals surface area contributed by atoms with E-state index in [1.165, 1.54) is 0 Å². The largest absolute Gasteiger partial charge is 0.341 e. The Morgan fingerprint density at radius 3 is 2.39 bits per heavy atom. The van der Waals surface area contributed by atoms with E-state index in [1.807, 2.05) is 32.3 Å². The minimum absolute atomic E-state index is 0.0654. The predicted molar refractivity (Wildman–Crippen MR) is 107 cm³/mol. The summed E-state index contributed by atoms with van der Waals surface area (Å²) in [5.74, 6) is 1.43. The molecule has 3 aromatic heterocycles. The summed E-state index contributed by atoms with van der Waals surface area (Å²) >= 11 is 0. The lowest BCUT2D eigenvalue weighted by molar-refractivity contribution is 0.349. The second-order valence-electron chi connectivity index (χ2n) is 7.28. The number of aryl methyl sites for hydroxylation is 3. The molecule has 0 saturated carbocycles. The van der Waals surface area contributed by atoms with Crippen LogP contribution in [0.3, 0.4) is 0 Å². The first-order valence-corrected chi connectivity index (χ1v) is 9.74. The van der Waals surface area contributed by atoms with Gasteiger partial charge >= 0.3 is 0 Å². The van der Waals surface area contributed by atoms with Gasteiger partial charge in [-0.3, -0.25) is 4.79 Å². The molecule has 1 aliphatic rings. The molecule has 0 aliphatic carbocycles. The quantitative estimate of drug-likeness (QED) is 0.691. The van der Waals surface area contributed by atoms with Gasteiger partial charge in [0.25, 0.3) is 5.56 Å². The Hall–Kier alpha value is -3.03. The fourth-order valence-corrected chi connectivity index (χ4v) is 3.65. The molecule has 0 amide bonds. The zero-order valence-electron chi connectivity index (χ0n) is 16.5. The van der Waals surface area contributed by atoms with Gasteiger partial charge in [-0.25, -0.2) is 19.3 Å². The zero-order valence-corrected chi connectivity index (χ0v) is 16.5. The molecule has 146 valence electrons. The van der Waals surface area contributed by atoms with Crippen LogP contribution in [0.2, 0.25) is 0 Å². The maximum Gasteiger partial charge on any atom is 0.267 e. The van der Waals surface area contributed by atoms with Crippen molar-refractivity contribution in [3.8, 4) is 5.82 Å². The number of rotatable bonds is 4. The van der Waals surface area contributed by atoms with Gasteiger partial charge in [-0.1, -0.05) is 6.92 Å². The lowest BCUT2D eigenvalue weighted by Gasteiger charge is -2.32. The average Bonchev–Trinajstić information content (AvgIpc) is 3.06. The van der Waals surface area contributed by atoms with Crippen molar-refractivity contribution in [2.24, 2.45) is 0 Å². The van der Waals surface area contributed by atoms with Crippen LogP contribution in [0.15, 0.2) is 35.4 Å². The van der Waals surface area contributed by atoms with Crippen LogP contribution in [0.4, 0.5) is 5.95 Å². The Balaban J connectivity index is 1.52. The monoisotopic (exact) mass is 379 g/mol. The van der Waals surface area contributed by atoms with E-state index in [-0.39, 0.29) is 11.6 Å². The van der Waals surface area contributed by atoms with Crippen LogP contribution < -0.4 is 10.5 Å². The summed E-state index contributed by atoms with van der Waals surface area (Å²) in [4.78, 5) is 23.6. The van der Waals surface area contributed by atoms with E-state index >= 15 is 0 Å². The Morgan fingerprint density at radius 2 is 1.79 bits per heavy atom. The molecule has 0 N–H and O–H groups in total. The van der Waals surface area contributed by atoms with Crippen LogP contribution in [0.1, 0.15) is 42.8 Å². The minimum Gasteiger partial charge on any atom is -0.341 e. The Kier molecular flexibility index (Phi) is 4.93. The maximum absolute atomic E-state index is 12.4. The summed E-state index contributed by atoms with van der Waals surface area (Å²) in [5.41, 5.74) is 2.99. The second kappa shape index (κ2) is 7.53. The van der Waals surface area contributed by atoms with Crippen LogP contribution in [0, 0.1) is 13.8 Å². The van der Waals surface area contributed by atoms with Crippen molar-refractivity contribution in [1.29, 1.82) is 0 Å². The van der Waals surface area contributed by atoms with E-state index in [2.05, 4.69) is 32.0 Å². The van der Waals surface area contributed by atoms with Crippen molar-refractivity contribution in [3.05, 3.63) is 57.9 Å². The topological polar surface area (TPSA) is 81.7 Å². The Bertz CT molecular complexity index is 1010. The van der Waals surface area contributed by atoms with Crippen LogP contribution in [0.25, 0.3) is 5.82 Å². The SMILES string of the molecule is CCc1cnc(N2CCC(n3nc(-n4nc(C)cc4C)ccc3=O)CC2)nc1. The first-order valence-electron chi connectivity index (χ1n) is 9.74. The van der Waals surface area contributed by atoms with Gasteiger partial charge in [0.2, 0.25) is 5.95 Å². The van der Waals surface area contributed by atoms with E-state index in [4.69, 9.17) is 0 Å². The van der Waals surface area contributed by atoms with Crippen molar-refractivity contribution >= 4 is 5.95 Å². The van der Waals surface area contributed by atoms with Gasteiger partial charge in [-0.15, -0.1) is 5.10 Å². The number of hydrogen-bond acceptors (Lipinski definition) is 6. The van der Waals surface area contributed by atoms with E-state index in [9.17, 15) is 4.79 Å². The molecule has 1 fully saturated rings.